The topological polar surface area (TPSA) is 40.1 Å². The van der Waals surface area contributed by atoms with Crippen LogP contribution in [0.1, 0.15) is 6.92 Å². The van der Waals surface area contributed by atoms with Crippen LogP contribution >= 0.6 is 31.9 Å². The number of carbonyl (C=O) groups is 1. The molecule has 0 saturated carbocycles. The molecule has 0 aliphatic heterocycles. The summed E-state index contributed by atoms with van der Waals surface area (Å²) in [6, 6.07) is 0. The second-order valence-corrected chi connectivity index (χ2v) is 5.41. The molecule has 0 fully saturated rings. The summed E-state index contributed by atoms with van der Waals surface area (Å²) in [5, 5.41) is 9.82. The molecule has 0 heterocycles. The van der Waals surface area contributed by atoms with Crippen LogP contribution in [-0.4, -0.2) is 32.3 Å². The molecule has 0 amide bonds. The van der Waals surface area contributed by atoms with Crippen molar-refractivity contribution < 1.29 is 9.90 Å². The number of alkyl halides is 2. The largest absolute Gasteiger partial charge is 2.00 e. The summed E-state index contributed by atoms with van der Waals surface area (Å²) in [5.74, 6) is -1.17. The molecule has 2 nitrogen and oxygen atoms in total. The Kier molecular flexibility index (Phi) is 11.0. The second kappa shape index (κ2) is 5.94. The molecule has 0 N–H and O–H groups in total. The Morgan fingerprint density at radius 1 is 1.56 bits per heavy atom. The van der Waals surface area contributed by atoms with E-state index in [-0.39, 0.29) is 30.5 Å². The first-order valence-corrected chi connectivity index (χ1v) is 3.12. The number of carboxylic acids is 1. The minimum absolute atomic E-state index is 0. The third-order valence-corrected chi connectivity index (χ3v) is 1.01. The van der Waals surface area contributed by atoms with Gasteiger partial charge in [-0.1, -0.05) is 31.9 Å². The maximum absolute atomic E-state index is 9.82. The van der Waals surface area contributed by atoms with Gasteiger partial charge in [-0.05, 0) is 6.92 Å². The Hall–Kier alpha value is 1.20. The fourth-order valence-electron chi connectivity index (χ4n) is 0. The van der Waals surface area contributed by atoms with Gasteiger partial charge in [0.1, 0.15) is 3.23 Å². The Morgan fingerprint density at radius 2 is 1.67 bits per heavy atom. The molecule has 0 aromatic carbocycles. The van der Waals surface area contributed by atoms with Crippen LogP contribution in [0.3, 0.4) is 0 Å². The predicted molar refractivity (Wildman–Crippen MR) is 43.4 cm³/mol. The van der Waals surface area contributed by atoms with E-state index in [0.29, 0.717) is 0 Å². The van der Waals surface area contributed by atoms with Crippen molar-refractivity contribution in [3.8, 4) is 0 Å². The molecule has 0 rings (SSSR count). The van der Waals surface area contributed by atoms with E-state index in [4.69, 9.17) is 0 Å². The van der Waals surface area contributed by atoms with E-state index in [1.54, 1.807) is 0 Å². The summed E-state index contributed by atoms with van der Waals surface area (Å²) in [5.41, 5.74) is 0. The fraction of sp³-hybridized carbons (Fsp3) is 0.500. The van der Waals surface area contributed by atoms with E-state index in [2.05, 4.69) is 31.9 Å². The van der Waals surface area contributed by atoms with Crippen molar-refractivity contribution in [2.45, 2.75) is 10.2 Å². The molecule has 0 aliphatic rings. The monoisotopic (exact) mass is 268 g/mol. The minimum Gasteiger partial charge on any atom is -0.548 e. The Bertz CT molecular complexity index is 89.1. The van der Waals surface area contributed by atoms with Gasteiger partial charge < -0.3 is 17.3 Å². The third kappa shape index (κ3) is 9.20. The zero-order valence-electron chi connectivity index (χ0n) is 5.28. The van der Waals surface area contributed by atoms with E-state index < -0.39 is 9.20 Å². The first-order valence-electron chi connectivity index (χ1n) is 1.54. The molecule has 0 atom stereocenters. The van der Waals surface area contributed by atoms with Crippen LogP contribution < -0.4 is 5.11 Å². The summed E-state index contributed by atoms with van der Waals surface area (Å²) in [6.45, 7) is 1.43. The predicted octanol–water partition coefficient (Wildman–Crippen LogP) is 0.312. The molecule has 0 radical (unpaired) electrons. The molecular weight excluding hydrogens is 264 g/mol. The van der Waals surface area contributed by atoms with Crippen LogP contribution in [0.2, 0.25) is 0 Å². The first-order chi connectivity index (χ1) is 2.94. The van der Waals surface area contributed by atoms with Crippen molar-refractivity contribution in [3.05, 3.63) is 7.43 Å². The summed E-state index contributed by atoms with van der Waals surface area (Å²) in [7, 11) is 0. The van der Waals surface area contributed by atoms with Gasteiger partial charge in [0.2, 0.25) is 0 Å². The van der Waals surface area contributed by atoms with Crippen molar-refractivity contribution in [3.63, 3.8) is 0 Å². The van der Waals surface area contributed by atoms with Crippen LogP contribution in [0.5, 0.6) is 0 Å². The molecule has 50 valence electrons. The standard InChI is InChI=1S/C3H4Br2O2.CH3.Mg/c1-3(4,5)2(6)7;;/h1H3,(H,6,7);1H3;/q;-1;+2/p-1. The van der Waals surface area contributed by atoms with Gasteiger partial charge in [-0.15, -0.1) is 0 Å². The van der Waals surface area contributed by atoms with E-state index in [0.717, 1.165) is 0 Å². The summed E-state index contributed by atoms with van der Waals surface area (Å²) < 4.78 is -1.07. The Labute approximate surface area is 87.8 Å². The van der Waals surface area contributed by atoms with Crippen molar-refractivity contribution in [2.75, 3.05) is 0 Å². The molecule has 0 spiro atoms. The van der Waals surface area contributed by atoms with Gasteiger partial charge in [0.25, 0.3) is 0 Å². The van der Waals surface area contributed by atoms with Gasteiger partial charge in [-0.3, -0.25) is 0 Å². The summed E-state index contributed by atoms with van der Waals surface area (Å²) >= 11 is 5.59. The maximum Gasteiger partial charge on any atom is 2.00 e. The fourth-order valence-corrected chi connectivity index (χ4v) is 0. The van der Waals surface area contributed by atoms with Gasteiger partial charge >= 0.3 is 23.1 Å². The SMILES string of the molecule is CC(Br)(Br)C(=O)[O-].[CH3-].[Mg+2]. The molecule has 9 heavy (non-hydrogen) atoms. The number of hydrogen-bond donors (Lipinski definition) is 0. The van der Waals surface area contributed by atoms with Crippen molar-refractivity contribution in [2.24, 2.45) is 0 Å². The third-order valence-electron chi connectivity index (χ3n) is 0.358. The van der Waals surface area contributed by atoms with Crippen molar-refractivity contribution in [1.29, 1.82) is 0 Å². The van der Waals surface area contributed by atoms with Gasteiger partial charge in [0, 0.05) is 0 Å². The molecule has 0 saturated heterocycles. The van der Waals surface area contributed by atoms with E-state index in [1.807, 2.05) is 0 Å². The summed E-state index contributed by atoms with van der Waals surface area (Å²) in [6.07, 6.45) is 0. The molecule has 0 bridgehead atoms. The van der Waals surface area contributed by atoms with Gasteiger partial charge in [0.15, 0.2) is 0 Å². The zero-order chi connectivity index (χ0) is 6.08. The van der Waals surface area contributed by atoms with Crippen LogP contribution in [0.15, 0.2) is 0 Å². The average Bonchev–Trinajstić information content (AvgIpc) is 1.31. The normalized spacial score (nSPS) is 8.78. The number of hydrogen-bond acceptors (Lipinski definition) is 2. The summed E-state index contributed by atoms with van der Waals surface area (Å²) in [4.78, 5) is 9.82. The van der Waals surface area contributed by atoms with Gasteiger partial charge in [-0.2, -0.15) is 0 Å². The number of carboxylic acid groups (broad SMARTS) is 1. The minimum atomic E-state index is -1.17. The first kappa shape index (κ1) is 16.7. The van der Waals surface area contributed by atoms with E-state index in [9.17, 15) is 9.90 Å². The smallest absolute Gasteiger partial charge is 0.548 e. The van der Waals surface area contributed by atoms with E-state index in [1.165, 1.54) is 6.92 Å². The van der Waals surface area contributed by atoms with Crippen molar-refractivity contribution in [1.82, 2.24) is 0 Å². The molecule has 0 aliphatic carbocycles. The van der Waals surface area contributed by atoms with Crippen molar-refractivity contribution >= 4 is 60.9 Å². The van der Waals surface area contributed by atoms with Gasteiger partial charge in [0.05, 0.1) is 5.97 Å². The Balaban J connectivity index is -0.000000180. The zero-order valence-corrected chi connectivity index (χ0v) is 9.87. The second-order valence-electron chi connectivity index (χ2n) is 1.18. The maximum atomic E-state index is 9.82. The number of halogens is 2. The molecule has 0 aromatic heterocycles. The van der Waals surface area contributed by atoms with E-state index >= 15 is 0 Å². The van der Waals surface area contributed by atoms with Crippen LogP contribution in [0.4, 0.5) is 0 Å². The van der Waals surface area contributed by atoms with Crippen LogP contribution in [0, 0.1) is 7.43 Å². The molecular formula is C4H6Br2MgO2. The van der Waals surface area contributed by atoms with Crippen LogP contribution in [-0.2, 0) is 4.79 Å². The quantitative estimate of drug-likeness (QED) is 0.391. The molecule has 5 heteroatoms. The Morgan fingerprint density at radius 3 is 1.67 bits per heavy atom. The number of aliphatic carboxylic acids is 1. The molecule has 0 unspecified atom stereocenters. The number of rotatable bonds is 1. The van der Waals surface area contributed by atoms with Gasteiger partial charge in [-0.25, -0.2) is 0 Å². The number of carbonyl (C=O) groups excluding carboxylic acids is 1. The molecule has 0 aromatic rings. The average molecular weight is 270 g/mol. The van der Waals surface area contributed by atoms with Crippen LogP contribution in [0.25, 0.3) is 0 Å².